The van der Waals surface area contributed by atoms with Crippen molar-refractivity contribution in [2.75, 3.05) is 0 Å². The van der Waals surface area contributed by atoms with Crippen molar-refractivity contribution < 1.29 is 4.74 Å². The Balaban J connectivity index is 1.34. The third-order valence-electron chi connectivity index (χ3n) is 11.6. The average molecular weight is 721 g/mol. The van der Waals surface area contributed by atoms with E-state index in [-0.39, 0.29) is 5.41 Å². The second kappa shape index (κ2) is 15.2. The van der Waals surface area contributed by atoms with E-state index in [1.54, 1.807) is 0 Å². The second-order valence-corrected chi connectivity index (χ2v) is 17.6. The molecule has 3 aromatic heterocycles. The van der Waals surface area contributed by atoms with Gasteiger partial charge in [-0.3, -0.25) is 4.57 Å². The number of pyridine rings is 1. The number of aryl methyl sites for hydroxylation is 2. The highest BCUT2D eigenvalue weighted by Gasteiger charge is 2.33. The molecule has 6 aromatic rings. The van der Waals surface area contributed by atoms with Gasteiger partial charge in [0.25, 0.3) is 0 Å². The summed E-state index contributed by atoms with van der Waals surface area (Å²) in [6, 6.07) is 26.3. The molecule has 1 unspecified atom stereocenters. The Bertz CT molecular complexity index is 2310. The van der Waals surface area contributed by atoms with Crippen LogP contribution in [0.4, 0.5) is 0 Å². The zero-order valence-electron chi connectivity index (χ0n) is 34.3. The van der Waals surface area contributed by atoms with Crippen LogP contribution in [0.3, 0.4) is 0 Å². The van der Waals surface area contributed by atoms with Crippen LogP contribution in [0.15, 0.2) is 90.6 Å². The third kappa shape index (κ3) is 7.52. The van der Waals surface area contributed by atoms with E-state index in [4.69, 9.17) is 14.8 Å². The van der Waals surface area contributed by atoms with E-state index in [0.717, 1.165) is 59.0 Å². The Morgan fingerprint density at radius 1 is 0.870 bits per heavy atom. The predicted octanol–water partition coefficient (Wildman–Crippen LogP) is 13.4. The molecule has 1 aliphatic rings. The average Bonchev–Trinajstić information content (AvgIpc) is 3.62. The maximum atomic E-state index is 6.90. The number of unbranched alkanes of at least 4 members (excludes halogenated alkanes) is 1. The second-order valence-electron chi connectivity index (χ2n) is 17.6. The molecule has 0 spiro atoms. The minimum absolute atomic E-state index is 0.0879. The van der Waals surface area contributed by atoms with Gasteiger partial charge in [0.2, 0.25) is 0 Å². The molecule has 1 aliphatic carbocycles. The van der Waals surface area contributed by atoms with Gasteiger partial charge < -0.3 is 4.74 Å². The number of benzene rings is 3. The fourth-order valence-corrected chi connectivity index (χ4v) is 8.89. The Morgan fingerprint density at radius 3 is 2.39 bits per heavy atom. The number of nitrogens with zero attached hydrogens (tertiary/aromatic N) is 4. The number of aromatic nitrogens is 4. The number of para-hydroxylation sites is 1. The van der Waals surface area contributed by atoms with E-state index in [2.05, 4.69) is 157 Å². The van der Waals surface area contributed by atoms with Gasteiger partial charge in [-0.25, -0.2) is 9.67 Å². The van der Waals surface area contributed by atoms with Gasteiger partial charge in [-0.2, -0.15) is 5.10 Å². The molecule has 0 N–H and O–H groups in total. The van der Waals surface area contributed by atoms with Crippen LogP contribution in [-0.4, -0.2) is 19.3 Å². The first-order chi connectivity index (χ1) is 25.8. The normalized spacial score (nSPS) is 17.8. The standard InChI is InChI=1S/C49H60N4O/c1-11-12-15-36-22-23-50-46(26-36)52-43-17-14-13-16-41(43)42-20-19-39(30-45(42)52)54-40-28-37(49(8,9)10)27-38(29-40)53-44(21-18-31(2)3)48(35(7)51-53)47-33(5)24-32(4)25-34(47)6/h13-14,16-17,19-20,22-24,26-32,34,47H,11-12,15,18,21,25H2,1-10H3/t32-,34-,47?/m0/s1. The number of ether oxygens (including phenoxy) is 1. The zero-order valence-corrected chi connectivity index (χ0v) is 34.3. The van der Waals surface area contributed by atoms with Crippen molar-refractivity contribution in [2.24, 2.45) is 17.8 Å². The van der Waals surface area contributed by atoms with Crippen LogP contribution < -0.4 is 4.74 Å². The summed E-state index contributed by atoms with van der Waals surface area (Å²) in [5, 5.41) is 7.75. The van der Waals surface area contributed by atoms with E-state index in [0.29, 0.717) is 23.7 Å². The van der Waals surface area contributed by atoms with Crippen molar-refractivity contribution >= 4 is 21.8 Å². The van der Waals surface area contributed by atoms with Crippen LogP contribution in [-0.2, 0) is 18.3 Å². The highest BCUT2D eigenvalue weighted by atomic mass is 16.5. The maximum absolute atomic E-state index is 6.90. The smallest absolute Gasteiger partial charge is 0.137 e. The zero-order chi connectivity index (χ0) is 38.3. The SMILES string of the molecule is CCCCc1ccnc(-n2c3ccccc3c3ccc(Oc4cc(-n5nc(C)c(C6C(C)=C[C@H](C)C[C@@H]6C)c5CCC(C)C)cc(C(C)(C)C)c4)cc32)c1. The van der Waals surface area contributed by atoms with Crippen molar-refractivity contribution in [2.45, 2.75) is 119 Å². The predicted molar refractivity (Wildman–Crippen MR) is 227 cm³/mol. The molecule has 7 rings (SSSR count). The molecule has 0 fully saturated rings. The summed E-state index contributed by atoms with van der Waals surface area (Å²) in [5.74, 6) is 4.73. The lowest BCUT2D eigenvalue weighted by Gasteiger charge is -2.33. The number of allylic oxidation sites excluding steroid dienone is 2. The summed E-state index contributed by atoms with van der Waals surface area (Å²) in [6.07, 6.45) is 11.1. The first kappa shape index (κ1) is 37.7. The summed E-state index contributed by atoms with van der Waals surface area (Å²) in [7, 11) is 0. The van der Waals surface area contributed by atoms with E-state index in [1.807, 2.05) is 6.20 Å². The van der Waals surface area contributed by atoms with Gasteiger partial charge >= 0.3 is 0 Å². The molecule has 0 bridgehead atoms. The van der Waals surface area contributed by atoms with Gasteiger partial charge in [0.05, 0.1) is 22.4 Å². The monoisotopic (exact) mass is 720 g/mol. The largest absolute Gasteiger partial charge is 0.457 e. The Morgan fingerprint density at radius 2 is 1.65 bits per heavy atom. The molecule has 0 aliphatic heterocycles. The minimum atomic E-state index is -0.0879. The molecular formula is C49H60N4O. The van der Waals surface area contributed by atoms with Crippen molar-refractivity contribution in [3.63, 3.8) is 0 Å². The van der Waals surface area contributed by atoms with Gasteiger partial charge in [0.15, 0.2) is 0 Å². The lowest BCUT2D eigenvalue weighted by molar-refractivity contribution is 0.389. The highest BCUT2D eigenvalue weighted by molar-refractivity contribution is 6.09. The van der Waals surface area contributed by atoms with Gasteiger partial charge in [-0.05, 0) is 123 Å². The molecule has 0 saturated heterocycles. The Labute approximate surface area is 323 Å². The summed E-state index contributed by atoms with van der Waals surface area (Å²) >= 11 is 0. The van der Waals surface area contributed by atoms with Crippen molar-refractivity contribution in [1.29, 1.82) is 0 Å². The summed E-state index contributed by atoms with van der Waals surface area (Å²) in [5.41, 5.74) is 11.1. The Hall–Kier alpha value is -4.64. The first-order valence-corrected chi connectivity index (χ1v) is 20.4. The Kier molecular flexibility index (Phi) is 10.6. The molecule has 5 heteroatoms. The van der Waals surface area contributed by atoms with Gasteiger partial charge in [0, 0.05) is 46.3 Å². The first-order valence-electron chi connectivity index (χ1n) is 20.4. The van der Waals surface area contributed by atoms with Crippen LogP contribution in [0.5, 0.6) is 11.5 Å². The molecule has 3 atom stereocenters. The molecule has 0 amide bonds. The van der Waals surface area contributed by atoms with E-state index in [9.17, 15) is 0 Å². The molecule has 282 valence electrons. The van der Waals surface area contributed by atoms with Crippen LogP contribution >= 0.6 is 0 Å². The lowest BCUT2D eigenvalue weighted by Crippen LogP contribution is -2.21. The molecule has 0 radical (unpaired) electrons. The van der Waals surface area contributed by atoms with E-state index >= 15 is 0 Å². The lowest BCUT2D eigenvalue weighted by atomic mass is 9.72. The van der Waals surface area contributed by atoms with Crippen LogP contribution in [0.2, 0.25) is 0 Å². The fraction of sp³-hybridized carbons (Fsp3) is 0.429. The molecule has 0 saturated carbocycles. The number of hydrogen-bond acceptors (Lipinski definition) is 3. The maximum Gasteiger partial charge on any atom is 0.137 e. The summed E-state index contributed by atoms with van der Waals surface area (Å²) < 4.78 is 11.5. The van der Waals surface area contributed by atoms with Crippen molar-refractivity contribution in [3.8, 4) is 23.0 Å². The van der Waals surface area contributed by atoms with Crippen molar-refractivity contribution in [3.05, 3.63) is 119 Å². The van der Waals surface area contributed by atoms with E-state index in [1.165, 1.54) is 58.0 Å². The molecule has 54 heavy (non-hydrogen) atoms. The topological polar surface area (TPSA) is 44.9 Å². The molecular weight excluding hydrogens is 661 g/mol. The highest BCUT2D eigenvalue weighted by Crippen LogP contribution is 2.44. The van der Waals surface area contributed by atoms with Crippen LogP contribution in [0.1, 0.15) is 122 Å². The van der Waals surface area contributed by atoms with Crippen LogP contribution in [0, 0.1) is 24.7 Å². The molecule has 3 aromatic carbocycles. The van der Waals surface area contributed by atoms with Gasteiger partial charge in [0.1, 0.15) is 17.3 Å². The van der Waals surface area contributed by atoms with E-state index < -0.39 is 0 Å². The molecule has 3 heterocycles. The summed E-state index contributed by atoms with van der Waals surface area (Å²) in [6.45, 7) is 23.1. The summed E-state index contributed by atoms with van der Waals surface area (Å²) in [4.78, 5) is 4.89. The number of hydrogen-bond donors (Lipinski definition) is 0. The number of rotatable bonds is 11. The van der Waals surface area contributed by atoms with Crippen LogP contribution in [0.25, 0.3) is 33.3 Å². The quantitative estimate of drug-likeness (QED) is 0.125. The third-order valence-corrected chi connectivity index (χ3v) is 11.6. The molecule has 5 nitrogen and oxygen atoms in total. The minimum Gasteiger partial charge on any atom is -0.457 e. The van der Waals surface area contributed by atoms with Crippen molar-refractivity contribution in [1.82, 2.24) is 19.3 Å². The number of fused-ring (bicyclic) bond motifs is 3. The fourth-order valence-electron chi connectivity index (χ4n) is 8.89. The van der Waals surface area contributed by atoms with Gasteiger partial charge in [-0.15, -0.1) is 0 Å². The van der Waals surface area contributed by atoms with Gasteiger partial charge in [-0.1, -0.05) is 91.7 Å².